The molecule has 0 unspecified atom stereocenters. The molecule has 0 radical (unpaired) electrons. The highest BCUT2D eigenvalue weighted by atomic mass is 32.2. The largest absolute Gasteiger partial charge is 0.0895 e. The molecule has 40 valence electrons. The molecule has 0 saturated carbocycles. The van der Waals surface area contributed by atoms with Gasteiger partial charge >= 0.3 is 0 Å². The molecule has 8 heavy (non-hydrogen) atoms. The van der Waals surface area contributed by atoms with Crippen molar-refractivity contribution < 1.29 is 0 Å². The zero-order valence-electron chi connectivity index (χ0n) is 4.64. The zero-order chi connectivity index (χ0) is 5.56. The van der Waals surface area contributed by atoms with Crippen LogP contribution in [0, 0.1) is 6.92 Å². The van der Waals surface area contributed by atoms with E-state index >= 15 is 0 Å². The zero-order valence-corrected chi connectivity index (χ0v) is 5.46. The van der Waals surface area contributed by atoms with Gasteiger partial charge in [-0.15, -0.1) is 0 Å². The topological polar surface area (TPSA) is 0 Å². The molecule has 0 amide bonds. The fourth-order valence-corrected chi connectivity index (χ4v) is 1.79. The maximum Gasteiger partial charge on any atom is 0.0162 e. The van der Waals surface area contributed by atoms with E-state index in [0.29, 0.717) is 0 Å². The predicted octanol–water partition coefficient (Wildman–Crippen LogP) is 2.46. The molecule has 0 fully saturated rings. The Balaban J connectivity index is 2.75. The van der Waals surface area contributed by atoms with Gasteiger partial charge in [0.25, 0.3) is 0 Å². The first-order valence-corrected chi connectivity index (χ1v) is 3.47. The van der Waals surface area contributed by atoms with E-state index < -0.39 is 0 Å². The third-order valence-electron chi connectivity index (χ3n) is 1.45. The van der Waals surface area contributed by atoms with Gasteiger partial charge in [0.2, 0.25) is 0 Å². The van der Waals surface area contributed by atoms with Gasteiger partial charge in [0.05, 0.1) is 0 Å². The minimum atomic E-state index is 1.45. The van der Waals surface area contributed by atoms with Crippen molar-refractivity contribution in [3.8, 4) is 0 Å². The number of hydrogen-bond donors (Lipinski definition) is 0. The van der Waals surface area contributed by atoms with Crippen molar-refractivity contribution in [2.75, 3.05) is 0 Å². The van der Waals surface area contributed by atoms with E-state index in [1.807, 2.05) is 11.8 Å². The molecular formula is C7H6S. The molecule has 0 atom stereocenters. The molecule has 1 aromatic carbocycles. The lowest BCUT2D eigenvalue weighted by Gasteiger charge is -2.18. The van der Waals surface area contributed by atoms with Crippen molar-refractivity contribution >= 4 is 11.8 Å². The van der Waals surface area contributed by atoms with Gasteiger partial charge in [-0.25, -0.2) is 0 Å². The average Bonchev–Trinajstić information content (AvgIpc) is 1.89. The van der Waals surface area contributed by atoms with Crippen LogP contribution < -0.4 is 0 Å². The van der Waals surface area contributed by atoms with E-state index in [1.165, 1.54) is 15.4 Å². The van der Waals surface area contributed by atoms with Crippen molar-refractivity contribution in [3.05, 3.63) is 23.8 Å². The smallest absolute Gasteiger partial charge is 0.0162 e. The number of aryl methyl sites for hydroxylation is 1. The normalized spacial score (nSPS) is 13.1. The van der Waals surface area contributed by atoms with Crippen LogP contribution in [-0.2, 0) is 0 Å². The first-order chi connectivity index (χ1) is 3.88. The van der Waals surface area contributed by atoms with Crippen LogP contribution in [0.1, 0.15) is 5.56 Å². The summed E-state index contributed by atoms with van der Waals surface area (Å²) in [6.07, 6.45) is 0. The summed E-state index contributed by atoms with van der Waals surface area (Å²) in [5.74, 6) is 0. The Kier molecular flexibility index (Phi) is 0.717. The van der Waals surface area contributed by atoms with E-state index in [-0.39, 0.29) is 0 Å². The van der Waals surface area contributed by atoms with Crippen LogP contribution in [0.2, 0.25) is 0 Å². The van der Waals surface area contributed by atoms with Crippen molar-refractivity contribution in [1.82, 2.24) is 0 Å². The molecule has 2 aliphatic rings. The van der Waals surface area contributed by atoms with Crippen molar-refractivity contribution in [3.63, 3.8) is 0 Å². The summed E-state index contributed by atoms with van der Waals surface area (Å²) in [5.41, 5.74) is 1.47. The average molecular weight is 122 g/mol. The van der Waals surface area contributed by atoms with Gasteiger partial charge in [-0.3, -0.25) is 0 Å². The molecule has 1 heteroatoms. The van der Waals surface area contributed by atoms with Crippen LogP contribution in [0.3, 0.4) is 0 Å². The van der Waals surface area contributed by atoms with E-state index in [2.05, 4.69) is 25.1 Å². The lowest BCUT2D eigenvalue weighted by molar-refractivity contribution is 1.13. The van der Waals surface area contributed by atoms with E-state index in [0.717, 1.165) is 0 Å². The number of hydrogen-bond acceptors (Lipinski definition) is 1. The highest BCUT2D eigenvalue weighted by molar-refractivity contribution is 8.00. The summed E-state index contributed by atoms with van der Waals surface area (Å²) in [6, 6.07) is 6.42. The molecule has 0 saturated heterocycles. The fraction of sp³-hybridized carbons (Fsp3) is 0.143. The maximum absolute atomic E-state index is 2.17. The Hall–Kier alpha value is -0.430. The second-order valence-electron chi connectivity index (χ2n) is 1.98. The number of rotatable bonds is 0. The lowest BCUT2D eigenvalue weighted by atomic mass is 10.2. The summed E-state index contributed by atoms with van der Waals surface area (Å²) in [5, 5.41) is 0. The Morgan fingerprint density at radius 3 is 2.12 bits per heavy atom. The quantitative estimate of drug-likeness (QED) is 0.517. The molecule has 1 aromatic rings. The molecule has 0 spiro atoms. The second-order valence-corrected chi connectivity index (χ2v) is 3.07. The standard InChI is InChI=1S/C7H6S/c1-5-6-3-2-4-7(5)8-6/h2-4H,1H3. The molecule has 2 heterocycles. The van der Waals surface area contributed by atoms with Gasteiger partial charge in [0.15, 0.2) is 0 Å². The summed E-state index contributed by atoms with van der Waals surface area (Å²) < 4.78 is 0. The van der Waals surface area contributed by atoms with Crippen molar-refractivity contribution in [1.29, 1.82) is 0 Å². The fourth-order valence-electron chi connectivity index (χ4n) is 0.888. The van der Waals surface area contributed by atoms with Gasteiger partial charge in [0, 0.05) is 9.79 Å². The molecule has 3 rings (SSSR count). The van der Waals surface area contributed by atoms with Gasteiger partial charge < -0.3 is 0 Å². The van der Waals surface area contributed by atoms with Crippen LogP contribution in [-0.4, -0.2) is 0 Å². The second kappa shape index (κ2) is 1.29. The number of benzene rings is 1. The Morgan fingerprint density at radius 1 is 1.25 bits per heavy atom. The predicted molar refractivity (Wildman–Crippen MR) is 35.3 cm³/mol. The monoisotopic (exact) mass is 122 g/mol. The summed E-state index contributed by atoms with van der Waals surface area (Å²) in [4.78, 5) is 2.89. The van der Waals surface area contributed by atoms with Crippen LogP contribution in [0.25, 0.3) is 0 Å². The number of fused-ring (bicyclic) bond motifs is 2. The minimum Gasteiger partial charge on any atom is -0.0895 e. The summed E-state index contributed by atoms with van der Waals surface area (Å²) in [7, 11) is 0. The summed E-state index contributed by atoms with van der Waals surface area (Å²) >= 11 is 1.88. The Bertz CT molecular complexity index is 208. The van der Waals surface area contributed by atoms with Gasteiger partial charge in [0.1, 0.15) is 0 Å². The lowest BCUT2D eigenvalue weighted by Crippen LogP contribution is -1.91. The van der Waals surface area contributed by atoms with Crippen molar-refractivity contribution in [2.45, 2.75) is 16.7 Å². The first-order valence-electron chi connectivity index (χ1n) is 2.65. The van der Waals surface area contributed by atoms with E-state index in [9.17, 15) is 0 Å². The van der Waals surface area contributed by atoms with Gasteiger partial charge in [-0.1, -0.05) is 17.8 Å². The highest BCUT2D eigenvalue weighted by Gasteiger charge is 2.13. The Labute approximate surface area is 52.9 Å². The third kappa shape index (κ3) is 0.377. The summed E-state index contributed by atoms with van der Waals surface area (Å²) in [6.45, 7) is 2.17. The van der Waals surface area contributed by atoms with E-state index in [1.54, 1.807) is 0 Å². The third-order valence-corrected chi connectivity index (χ3v) is 2.78. The van der Waals surface area contributed by atoms with Crippen LogP contribution >= 0.6 is 11.8 Å². The van der Waals surface area contributed by atoms with Crippen LogP contribution in [0.5, 0.6) is 0 Å². The molecule has 0 nitrogen and oxygen atoms in total. The van der Waals surface area contributed by atoms with Crippen LogP contribution in [0.15, 0.2) is 28.0 Å². The highest BCUT2D eigenvalue weighted by Crippen LogP contribution is 2.43. The Morgan fingerprint density at radius 2 is 1.88 bits per heavy atom. The molecule has 0 aromatic heterocycles. The molecule has 0 aliphatic carbocycles. The van der Waals surface area contributed by atoms with Gasteiger partial charge in [-0.05, 0) is 24.6 Å². The van der Waals surface area contributed by atoms with E-state index in [4.69, 9.17) is 0 Å². The molecular weight excluding hydrogens is 116 g/mol. The molecule has 2 bridgehead atoms. The molecule has 2 aliphatic heterocycles. The minimum absolute atomic E-state index is 1.45. The first kappa shape index (κ1) is 4.45. The van der Waals surface area contributed by atoms with Crippen molar-refractivity contribution in [2.24, 2.45) is 0 Å². The molecule has 0 N–H and O–H groups in total. The maximum atomic E-state index is 2.17. The van der Waals surface area contributed by atoms with Crippen LogP contribution in [0.4, 0.5) is 0 Å². The SMILES string of the molecule is Cc1c2cccc1S2. The van der Waals surface area contributed by atoms with Gasteiger partial charge in [-0.2, -0.15) is 0 Å².